The number of carbonyl (C=O) groups is 2. The number of Topliss-reactive ketones (excluding diaryl/α,β-unsaturated/α-hetero) is 1. The summed E-state index contributed by atoms with van der Waals surface area (Å²) in [6.07, 6.45) is 2.78. The van der Waals surface area contributed by atoms with E-state index in [9.17, 15) is 9.59 Å². The van der Waals surface area contributed by atoms with Crippen molar-refractivity contribution in [1.29, 1.82) is 0 Å². The summed E-state index contributed by atoms with van der Waals surface area (Å²) in [4.78, 5) is 21.2. The van der Waals surface area contributed by atoms with E-state index in [0.717, 1.165) is 19.3 Å². The number of hydrogen-bond acceptors (Lipinski definition) is 3. The van der Waals surface area contributed by atoms with E-state index in [2.05, 4.69) is 6.92 Å². The highest BCUT2D eigenvalue weighted by Crippen LogP contribution is 2.03. The molecule has 0 bridgehead atoms. The minimum Gasteiger partial charge on any atom is -0.457 e. The van der Waals surface area contributed by atoms with Crippen LogP contribution in [-0.2, 0) is 14.3 Å². The zero-order valence-electron chi connectivity index (χ0n) is 7.92. The van der Waals surface area contributed by atoms with Gasteiger partial charge in [0.25, 0.3) is 0 Å². The van der Waals surface area contributed by atoms with Gasteiger partial charge in [0.2, 0.25) is 5.78 Å². The molecule has 0 aromatic carbocycles. The predicted octanol–water partition coefficient (Wildman–Crippen LogP) is 1.70. The number of ketones is 1. The van der Waals surface area contributed by atoms with Crippen LogP contribution in [0.1, 0.15) is 40.0 Å². The summed E-state index contributed by atoms with van der Waals surface area (Å²) in [7, 11) is 0. The number of carbonyl (C=O) groups excluding carboxylic acids is 2. The zero-order chi connectivity index (χ0) is 9.56. The first-order chi connectivity index (χ1) is 5.57. The van der Waals surface area contributed by atoms with Gasteiger partial charge in [-0.15, -0.1) is 0 Å². The van der Waals surface area contributed by atoms with Crippen LogP contribution in [0.3, 0.4) is 0 Å². The Hall–Kier alpha value is -0.860. The minimum atomic E-state index is -0.724. The fourth-order valence-electron chi connectivity index (χ4n) is 0.816. The van der Waals surface area contributed by atoms with E-state index in [4.69, 9.17) is 4.74 Å². The van der Waals surface area contributed by atoms with Gasteiger partial charge >= 0.3 is 5.97 Å². The molecule has 0 aromatic rings. The average Bonchev–Trinajstić information content (AvgIpc) is 2.00. The zero-order valence-corrected chi connectivity index (χ0v) is 7.92. The molecular weight excluding hydrogens is 156 g/mol. The van der Waals surface area contributed by atoms with Crippen LogP contribution in [0.5, 0.6) is 0 Å². The molecule has 70 valence electrons. The number of hydrogen-bond donors (Lipinski definition) is 0. The van der Waals surface area contributed by atoms with E-state index in [-0.39, 0.29) is 6.10 Å². The SMILES string of the molecule is CCCCC(C)OC(=O)C(C)=O. The van der Waals surface area contributed by atoms with Gasteiger partial charge < -0.3 is 4.74 Å². The molecule has 12 heavy (non-hydrogen) atoms. The quantitative estimate of drug-likeness (QED) is 0.468. The van der Waals surface area contributed by atoms with E-state index in [1.807, 2.05) is 0 Å². The van der Waals surface area contributed by atoms with Crippen LogP contribution < -0.4 is 0 Å². The summed E-state index contributed by atoms with van der Waals surface area (Å²) < 4.78 is 4.83. The maximum Gasteiger partial charge on any atom is 0.374 e. The molecule has 0 rings (SSSR count). The highest BCUT2D eigenvalue weighted by Gasteiger charge is 2.12. The van der Waals surface area contributed by atoms with Crippen molar-refractivity contribution in [3.63, 3.8) is 0 Å². The number of esters is 1. The number of rotatable bonds is 5. The molecule has 0 N–H and O–H groups in total. The summed E-state index contributed by atoms with van der Waals surface area (Å²) in [6.45, 7) is 5.09. The molecule has 0 saturated heterocycles. The second kappa shape index (κ2) is 5.75. The van der Waals surface area contributed by atoms with Crippen LogP contribution in [0.4, 0.5) is 0 Å². The standard InChI is InChI=1S/C9H16O3/c1-4-5-6-7(2)12-9(11)8(3)10/h7H,4-6H2,1-3H3. The van der Waals surface area contributed by atoms with Crippen molar-refractivity contribution in [2.75, 3.05) is 0 Å². The van der Waals surface area contributed by atoms with Crippen LogP contribution in [0, 0.1) is 0 Å². The molecule has 0 radical (unpaired) electrons. The van der Waals surface area contributed by atoms with Crippen LogP contribution in [0.25, 0.3) is 0 Å². The highest BCUT2D eigenvalue weighted by molar-refractivity contribution is 6.32. The van der Waals surface area contributed by atoms with E-state index in [1.165, 1.54) is 6.92 Å². The Morgan fingerprint density at radius 1 is 1.42 bits per heavy atom. The Morgan fingerprint density at radius 2 is 2.00 bits per heavy atom. The lowest BCUT2D eigenvalue weighted by molar-refractivity contribution is -0.156. The third-order valence-corrected chi connectivity index (χ3v) is 1.56. The van der Waals surface area contributed by atoms with Gasteiger partial charge in [-0.05, 0) is 13.3 Å². The molecule has 3 nitrogen and oxygen atoms in total. The van der Waals surface area contributed by atoms with Crippen molar-refractivity contribution >= 4 is 11.8 Å². The molecule has 0 aliphatic heterocycles. The second-order valence-corrected chi connectivity index (χ2v) is 2.91. The van der Waals surface area contributed by atoms with Crippen molar-refractivity contribution in [2.45, 2.75) is 46.1 Å². The van der Waals surface area contributed by atoms with Crippen LogP contribution in [0.15, 0.2) is 0 Å². The van der Waals surface area contributed by atoms with Crippen molar-refractivity contribution in [3.05, 3.63) is 0 Å². The summed E-state index contributed by atoms with van der Waals surface area (Å²) in [5, 5.41) is 0. The molecule has 1 unspecified atom stereocenters. The fourth-order valence-corrected chi connectivity index (χ4v) is 0.816. The molecule has 0 amide bonds. The first-order valence-corrected chi connectivity index (χ1v) is 4.29. The van der Waals surface area contributed by atoms with Crippen LogP contribution in [-0.4, -0.2) is 17.9 Å². The molecule has 0 spiro atoms. The third-order valence-electron chi connectivity index (χ3n) is 1.56. The third kappa shape index (κ3) is 4.88. The van der Waals surface area contributed by atoms with Gasteiger partial charge in [0.05, 0.1) is 6.10 Å². The van der Waals surface area contributed by atoms with Crippen molar-refractivity contribution in [1.82, 2.24) is 0 Å². The second-order valence-electron chi connectivity index (χ2n) is 2.91. The maximum atomic E-state index is 10.7. The molecule has 3 heteroatoms. The van der Waals surface area contributed by atoms with E-state index >= 15 is 0 Å². The molecule has 0 saturated carbocycles. The summed E-state index contributed by atoms with van der Waals surface area (Å²) >= 11 is 0. The summed E-state index contributed by atoms with van der Waals surface area (Å²) in [5.74, 6) is -1.25. The van der Waals surface area contributed by atoms with Gasteiger partial charge in [-0.2, -0.15) is 0 Å². The van der Waals surface area contributed by atoms with Crippen LogP contribution in [0.2, 0.25) is 0 Å². The molecule has 0 aromatic heterocycles. The van der Waals surface area contributed by atoms with E-state index in [1.54, 1.807) is 6.92 Å². The van der Waals surface area contributed by atoms with Crippen molar-refractivity contribution in [2.24, 2.45) is 0 Å². The number of ether oxygens (including phenoxy) is 1. The average molecular weight is 172 g/mol. The number of unbranched alkanes of at least 4 members (excludes halogenated alkanes) is 1. The maximum absolute atomic E-state index is 10.7. The highest BCUT2D eigenvalue weighted by atomic mass is 16.5. The van der Waals surface area contributed by atoms with Gasteiger partial charge in [0.15, 0.2) is 0 Å². The lowest BCUT2D eigenvalue weighted by atomic mass is 10.2. The van der Waals surface area contributed by atoms with E-state index in [0.29, 0.717) is 0 Å². The lowest BCUT2D eigenvalue weighted by Gasteiger charge is -2.10. The Labute approximate surface area is 73.1 Å². The predicted molar refractivity (Wildman–Crippen MR) is 45.8 cm³/mol. The molecule has 0 aliphatic rings. The molecule has 0 heterocycles. The van der Waals surface area contributed by atoms with Gasteiger partial charge in [-0.3, -0.25) is 4.79 Å². The minimum absolute atomic E-state index is 0.138. The Morgan fingerprint density at radius 3 is 2.42 bits per heavy atom. The molecule has 1 atom stereocenters. The normalized spacial score (nSPS) is 12.2. The summed E-state index contributed by atoms with van der Waals surface area (Å²) in [5.41, 5.74) is 0. The van der Waals surface area contributed by atoms with Crippen molar-refractivity contribution in [3.8, 4) is 0 Å². The Bertz CT molecular complexity index is 163. The Balaban J connectivity index is 3.61. The van der Waals surface area contributed by atoms with Gasteiger partial charge in [-0.25, -0.2) is 4.79 Å². The Kier molecular flexibility index (Phi) is 5.34. The molecule has 0 fully saturated rings. The molecular formula is C9H16O3. The van der Waals surface area contributed by atoms with Gasteiger partial charge in [0, 0.05) is 6.92 Å². The van der Waals surface area contributed by atoms with E-state index < -0.39 is 11.8 Å². The first kappa shape index (κ1) is 11.1. The van der Waals surface area contributed by atoms with Gasteiger partial charge in [-0.1, -0.05) is 19.8 Å². The van der Waals surface area contributed by atoms with Gasteiger partial charge in [0.1, 0.15) is 0 Å². The monoisotopic (exact) mass is 172 g/mol. The topological polar surface area (TPSA) is 43.4 Å². The first-order valence-electron chi connectivity index (χ1n) is 4.29. The van der Waals surface area contributed by atoms with Crippen molar-refractivity contribution < 1.29 is 14.3 Å². The summed E-state index contributed by atoms with van der Waals surface area (Å²) in [6, 6.07) is 0. The smallest absolute Gasteiger partial charge is 0.374 e. The largest absolute Gasteiger partial charge is 0.457 e. The van der Waals surface area contributed by atoms with Crippen LogP contribution >= 0.6 is 0 Å². The molecule has 0 aliphatic carbocycles. The fraction of sp³-hybridized carbons (Fsp3) is 0.778. The lowest BCUT2D eigenvalue weighted by Crippen LogP contribution is -2.20.